The lowest BCUT2D eigenvalue weighted by Gasteiger charge is -2.12. The number of thioether (sulfide) groups is 1. The van der Waals surface area contributed by atoms with E-state index in [1.807, 2.05) is 26.0 Å². The number of carbonyl (C=O) groups excluding carboxylic acids is 2. The fraction of sp³-hybridized carbons (Fsp3) is 0.227. The highest BCUT2D eigenvalue weighted by Gasteiger charge is 2.19. The number of nitrogens with zero attached hydrogens (tertiary/aromatic N) is 3. The standard InChI is InChI=1S/C22H20N4O4S3/c1-12-13(2)33-19-17(12)20(28)26(10-14-5-4-7-23-9-14)22(25-19)32-11-16(27)24-18-15(6-8-31-18)21(29)30-3/h4-9H,10-11H2,1-3H3,(H,24,27). The van der Waals surface area contributed by atoms with Gasteiger partial charge in [0.1, 0.15) is 9.83 Å². The maximum Gasteiger partial charge on any atom is 0.340 e. The van der Waals surface area contributed by atoms with Crippen LogP contribution in [0.4, 0.5) is 5.00 Å². The quantitative estimate of drug-likeness (QED) is 0.231. The van der Waals surface area contributed by atoms with E-state index < -0.39 is 5.97 Å². The molecule has 1 N–H and O–H groups in total. The molecule has 4 heterocycles. The summed E-state index contributed by atoms with van der Waals surface area (Å²) in [7, 11) is 1.29. The Balaban J connectivity index is 1.62. The second kappa shape index (κ2) is 9.86. The van der Waals surface area contributed by atoms with Gasteiger partial charge in [0.15, 0.2) is 5.16 Å². The van der Waals surface area contributed by atoms with Crippen molar-refractivity contribution in [2.45, 2.75) is 25.5 Å². The molecule has 0 aliphatic heterocycles. The lowest BCUT2D eigenvalue weighted by molar-refractivity contribution is -0.113. The van der Waals surface area contributed by atoms with Crippen LogP contribution in [0.3, 0.4) is 0 Å². The molecule has 0 unspecified atom stereocenters. The van der Waals surface area contributed by atoms with Gasteiger partial charge < -0.3 is 10.1 Å². The van der Waals surface area contributed by atoms with E-state index in [-0.39, 0.29) is 17.2 Å². The number of fused-ring (bicyclic) bond motifs is 1. The summed E-state index contributed by atoms with van der Waals surface area (Å²) >= 11 is 3.88. The highest BCUT2D eigenvalue weighted by molar-refractivity contribution is 7.99. The van der Waals surface area contributed by atoms with Gasteiger partial charge in [-0.1, -0.05) is 17.8 Å². The van der Waals surface area contributed by atoms with Crippen molar-refractivity contribution in [2.24, 2.45) is 0 Å². The van der Waals surface area contributed by atoms with Gasteiger partial charge in [0.2, 0.25) is 5.91 Å². The minimum atomic E-state index is -0.514. The van der Waals surface area contributed by atoms with Crippen molar-refractivity contribution in [3.8, 4) is 0 Å². The fourth-order valence-corrected chi connectivity index (χ4v) is 5.86. The number of hydrogen-bond donors (Lipinski definition) is 1. The van der Waals surface area contributed by atoms with E-state index in [0.29, 0.717) is 32.5 Å². The topological polar surface area (TPSA) is 103 Å². The molecule has 4 aromatic heterocycles. The van der Waals surface area contributed by atoms with Crippen molar-refractivity contribution in [3.63, 3.8) is 0 Å². The van der Waals surface area contributed by atoms with E-state index in [9.17, 15) is 14.4 Å². The molecule has 11 heteroatoms. The molecule has 4 rings (SSSR count). The van der Waals surface area contributed by atoms with Crippen molar-refractivity contribution >= 4 is 61.5 Å². The maximum absolute atomic E-state index is 13.4. The zero-order valence-corrected chi connectivity index (χ0v) is 20.5. The van der Waals surface area contributed by atoms with Crippen LogP contribution in [0.15, 0.2) is 45.9 Å². The smallest absolute Gasteiger partial charge is 0.340 e. The summed E-state index contributed by atoms with van der Waals surface area (Å²) in [4.78, 5) is 48.4. The number of hydrogen-bond acceptors (Lipinski definition) is 9. The average Bonchev–Trinajstić information content (AvgIpc) is 3.38. The molecule has 8 nitrogen and oxygen atoms in total. The molecule has 0 saturated heterocycles. The van der Waals surface area contributed by atoms with Gasteiger partial charge in [-0.05, 0) is 42.5 Å². The van der Waals surface area contributed by atoms with E-state index in [1.165, 1.54) is 41.5 Å². The van der Waals surface area contributed by atoms with Gasteiger partial charge in [-0.25, -0.2) is 9.78 Å². The second-order valence-electron chi connectivity index (χ2n) is 7.10. The summed E-state index contributed by atoms with van der Waals surface area (Å²) in [6.07, 6.45) is 3.38. The van der Waals surface area contributed by atoms with Gasteiger partial charge in [-0.2, -0.15) is 0 Å². The molecular weight excluding hydrogens is 480 g/mol. The number of carbonyl (C=O) groups is 2. The number of rotatable bonds is 7. The van der Waals surface area contributed by atoms with Crippen LogP contribution >= 0.6 is 34.4 Å². The number of thiophene rings is 2. The molecule has 0 saturated carbocycles. The van der Waals surface area contributed by atoms with Crippen molar-refractivity contribution in [1.29, 1.82) is 0 Å². The monoisotopic (exact) mass is 500 g/mol. The number of ether oxygens (including phenoxy) is 1. The van der Waals surface area contributed by atoms with Crippen LogP contribution in [-0.2, 0) is 16.1 Å². The van der Waals surface area contributed by atoms with Crippen molar-refractivity contribution in [2.75, 3.05) is 18.2 Å². The number of esters is 1. The molecule has 0 bridgehead atoms. The van der Waals surface area contributed by atoms with Crippen molar-refractivity contribution in [3.05, 3.63) is 67.9 Å². The molecule has 0 radical (unpaired) electrons. The summed E-state index contributed by atoms with van der Waals surface area (Å²) < 4.78 is 6.33. The number of amides is 1. The Hall–Kier alpha value is -3.02. The summed E-state index contributed by atoms with van der Waals surface area (Å²) in [6, 6.07) is 5.30. The molecule has 0 spiro atoms. The Morgan fingerprint density at radius 2 is 2.09 bits per heavy atom. The largest absolute Gasteiger partial charge is 0.465 e. The van der Waals surface area contributed by atoms with Gasteiger partial charge in [-0.15, -0.1) is 22.7 Å². The maximum atomic E-state index is 13.4. The normalized spacial score (nSPS) is 11.0. The lowest BCUT2D eigenvalue weighted by atomic mass is 10.2. The highest BCUT2D eigenvalue weighted by Crippen LogP contribution is 2.29. The Morgan fingerprint density at radius 1 is 1.27 bits per heavy atom. The van der Waals surface area contributed by atoms with Crippen LogP contribution in [0.1, 0.15) is 26.4 Å². The minimum absolute atomic E-state index is 0.0207. The molecule has 0 fully saturated rings. The molecule has 0 aliphatic carbocycles. The van der Waals surface area contributed by atoms with Gasteiger partial charge in [0, 0.05) is 17.3 Å². The van der Waals surface area contributed by atoms with Gasteiger partial charge in [0.05, 0.1) is 30.4 Å². The number of anilines is 1. The first-order valence-corrected chi connectivity index (χ1v) is 12.5. The Kier molecular flexibility index (Phi) is 6.91. The number of methoxy groups -OCH3 is 1. The Bertz CT molecular complexity index is 1390. The zero-order chi connectivity index (χ0) is 23.5. The Labute approximate surface area is 201 Å². The first-order valence-electron chi connectivity index (χ1n) is 9.87. The van der Waals surface area contributed by atoms with Crippen LogP contribution in [0.25, 0.3) is 10.2 Å². The fourth-order valence-electron chi connectivity index (χ4n) is 3.20. The number of nitrogens with one attached hydrogen (secondary N) is 1. The van der Waals surface area contributed by atoms with Crippen LogP contribution in [0.5, 0.6) is 0 Å². The molecule has 0 atom stereocenters. The van der Waals surface area contributed by atoms with Crippen molar-refractivity contribution in [1.82, 2.24) is 14.5 Å². The zero-order valence-electron chi connectivity index (χ0n) is 18.1. The molecule has 4 aromatic rings. The summed E-state index contributed by atoms with van der Waals surface area (Å²) in [5.41, 5.74) is 1.95. The van der Waals surface area contributed by atoms with Crippen LogP contribution in [-0.4, -0.2) is 39.3 Å². The number of aryl methyl sites for hydroxylation is 2. The average molecular weight is 501 g/mol. The molecule has 33 heavy (non-hydrogen) atoms. The first-order chi connectivity index (χ1) is 15.9. The summed E-state index contributed by atoms with van der Waals surface area (Å²) in [5, 5.41) is 5.93. The first kappa shape index (κ1) is 23.1. The molecule has 170 valence electrons. The summed E-state index contributed by atoms with van der Waals surface area (Å²) in [5.74, 6) is -0.805. The van der Waals surface area contributed by atoms with Crippen LogP contribution in [0.2, 0.25) is 0 Å². The SMILES string of the molecule is COC(=O)c1ccsc1NC(=O)CSc1nc2sc(C)c(C)c2c(=O)n1Cc1cccnc1. The van der Waals surface area contributed by atoms with Crippen molar-refractivity contribution < 1.29 is 14.3 Å². The van der Waals surface area contributed by atoms with Crippen LogP contribution in [0, 0.1) is 13.8 Å². The third kappa shape index (κ3) is 4.85. The molecule has 1 amide bonds. The lowest BCUT2D eigenvalue weighted by Crippen LogP contribution is -2.25. The Morgan fingerprint density at radius 3 is 2.82 bits per heavy atom. The van der Waals surface area contributed by atoms with E-state index >= 15 is 0 Å². The van der Waals surface area contributed by atoms with E-state index in [2.05, 4.69) is 10.3 Å². The predicted octanol–water partition coefficient (Wildman–Crippen LogP) is 4.10. The minimum Gasteiger partial charge on any atom is -0.465 e. The third-order valence-corrected chi connectivity index (χ3v) is 7.88. The molecular formula is C22H20N4O4S3. The van der Waals surface area contributed by atoms with E-state index in [4.69, 9.17) is 9.72 Å². The van der Waals surface area contributed by atoms with Gasteiger partial charge in [0.25, 0.3) is 5.56 Å². The number of aromatic nitrogens is 3. The van der Waals surface area contributed by atoms with Gasteiger partial charge in [-0.3, -0.25) is 19.1 Å². The van der Waals surface area contributed by atoms with E-state index in [1.54, 1.807) is 28.4 Å². The molecule has 0 aliphatic rings. The van der Waals surface area contributed by atoms with Gasteiger partial charge >= 0.3 is 5.97 Å². The second-order valence-corrected chi connectivity index (χ2v) is 10.2. The summed E-state index contributed by atoms with van der Waals surface area (Å²) in [6.45, 7) is 4.18. The highest BCUT2D eigenvalue weighted by atomic mass is 32.2. The third-order valence-electron chi connectivity index (χ3n) is 4.97. The molecule has 0 aromatic carbocycles. The van der Waals surface area contributed by atoms with Crippen LogP contribution < -0.4 is 10.9 Å². The number of pyridine rings is 1. The predicted molar refractivity (Wildman–Crippen MR) is 132 cm³/mol. The van der Waals surface area contributed by atoms with E-state index in [0.717, 1.165) is 16.0 Å².